The van der Waals surface area contributed by atoms with E-state index in [0.717, 1.165) is 24.4 Å². The van der Waals surface area contributed by atoms with Crippen molar-refractivity contribution < 1.29 is 4.79 Å². The van der Waals surface area contributed by atoms with E-state index in [2.05, 4.69) is 65.7 Å². The summed E-state index contributed by atoms with van der Waals surface area (Å²) in [6.45, 7) is 5.01. The molecule has 0 aromatic heterocycles. The van der Waals surface area contributed by atoms with Gasteiger partial charge in [-0.25, -0.2) is 0 Å². The molecule has 0 spiro atoms. The number of anilines is 1. The third-order valence-electron chi connectivity index (χ3n) is 4.52. The van der Waals surface area contributed by atoms with E-state index in [4.69, 9.17) is 0 Å². The van der Waals surface area contributed by atoms with Crippen molar-refractivity contribution in [1.29, 1.82) is 0 Å². The van der Waals surface area contributed by atoms with Gasteiger partial charge in [0, 0.05) is 31.1 Å². The fourth-order valence-corrected chi connectivity index (χ4v) is 3.82. The van der Waals surface area contributed by atoms with E-state index >= 15 is 0 Å². The van der Waals surface area contributed by atoms with Gasteiger partial charge in [0.2, 0.25) is 5.91 Å². The molecular formula is C21H26N2OS. The van der Waals surface area contributed by atoms with Gasteiger partial charge in [-0.15, -0.1) is 11.8 Å². The van der Waals surface area contributed by atoms with Gasteiger partial charge in [-0.2, -0.15) is 0 Å². The zero-order chi connectivity index (χ0) is 17.5. The highest BCUT2D eigenvalue weighted by atomic mass is 32.2. The Morgan fingerprint density at radius 2 is 1.64 bits per heavy atom. The lowest BCUT2D eigenvalue weighted by Crippen LogP contribution is -2.24. The van der Waals surface area contributed by atoms with Crippen LogP contribution in [0.3, 0.4) is 0 Å². The van der Waals surface area contributed by atoms with Crippen molar-refractivity contribution in [2.24, 2.45) is 0 Å². The average Bonchev–Trinajstić information content (AvgIpc) is 3.17. The van der Waals surface area contributed by atoms with E-state index in [9.17, 15) is 4.79 Å². The molecule has 25 heavy (non-hydrogen) atoms. The fraction of sp³-hybridized carbons (Fsp3) is 0.381. The van der Waals surface area contributed by atoms with E-state index in [-0.39, 0.29) is 5.91 Å². The van der Waals surface area contributed by atoms with Gasteiger partial charge in [-0.1, -0.05) is 42.0 Å². The van der Waals surface area contributed by atoms with Crippen molar-refractivity contribution in [2.45, 2.75) is 32.1 Å². The van der Waals surface area contributed by atoms with Crippen LogP contribution >= 0.6 is 11.8 Å². The molecule has 1 N–H and O–H groups in total. The van der Waals surface area contributed by atoms with E-state index in [1.54, 1.807) is 11.8 Å². The molecule has 1 saturated heterocycles. The van der Waals surface area contributed by atoms with Crippen LogP contribution in [-0.4, -0.2) is 24.7 Å². The zero-order valence-corrected chi connectivity index (χ0v) is 15.6. The minimum atomic E-state index is 0.0979. The summed E-state index contributed by atoms with van der Waals surface area (Å²) in [5.41, 5.74) is 4.98. The number of amides is 1. The van der Waals surface area contributed by atoms with Crippen molar-refractivity contribution in [3.8, 4) is 0 Å². The molecule has 0 radical (unpaired) electrons. The number of hydrogen-bond donors (Lipinski definition) is 1. The first kappa shape index (κ1) is 17.9. The Balaban J connectivity index is 1.37. The lowest BCUT2D eigenvalue weighted by molar-refractivity contribution is -0.118. The predicted molar refractivity (Wildman–Crippen MR) is 107 cm³/mol. The summed E-state index contributed by atoms with van der Waals surface area (Å²) >= 11 is 1.66. The maximum Gasteiger partial charge on any atom is 0.230 e. The number of carbonyl (C=O) groups excluding carboxylic acids is 1. The second-order valence-corrected chi connectivity index (χ2v) is 7.60. The van der Waals surface area contributed by atoms with Crippen molar-refractivity contribution in [1.82, 2.24) is 5.32 Å². The van der Waals surface area contributed by atoms with Gasteiger partial charge in [-0.05, 0) is 43.0 Å². The third-order valence-corrected chi connectivity index (χ3v) is 5.52. The van der Waals surface area contributed by atoms with Gasteiger partial charge < -0.3 is 10.2 Å². The molecule has 1 heterocycles. The van der Waals surface area contributed by atoms with Crippen molar-refractivity contribution >= 4 is 23.4 Å². The molecule has 0 saturated carbocycles. The Hall–Kier alpha value is -1.94. The molecule has 0 aliphatic carbocycles. The standard InChI is InChI=1S/C21H26N2OS/c1-17-4-6-19(7-5-17)15-25-16-21(24)22-14-18-8-10-20(11-9-18)23-12-2-3-13-23/h4-11H,2-3,12-16H2,1H3,(H,22,24). The van der Waals surface area contributed by atoms with E-state index in [0.29, 0.717) is 12.3 Å². The van der Waals surface area contributed by atoms with Crippen LogP contribution in [0.15, 0.2) is 48.5 Å². The summed E-state index contributed by atoms with van der Waals surface area (Å²) in [6, 6.07) is 17.0. The van der Waals surface area contributed by atoms with Gasteiger partial charge in [-0.3, -0.25) is 4.79 Å². The third kappa shape index (κ3) is 5.53. The second-order valence-electron chi connectivity index (χ2n) is 6.62. The number of thioether (sulfide) groups is 1. The SMILES string of the molecule is Cc1ccc(CSCC(=O)NCc2ccc(N3CCCC3)cc2)cc1. The number of carbonyl (C=O) groups is 1. The van der Waals surface area contributed by atoms with Crippen LogP contribution in [-0.2, 0) is 17.1 Å². The first-order valence-electron chi connectivity index (χ1n) is 8.94. The number of rotatable bonds is 7. The lowest BCUT2D eigenvalue weighted by Gasteiger charge is -2.17. The summed E-state index contributed by atoms with van der Waals surface area (Å²) < 4.78 is 0. The fourth-order valence-electron chi connectivity index (χ4n) is 3.00. The minimum absolute atomic E-state index is 0.0979. The van der Waals surface area contributed by atoms with Crippen LogP contribution in [0.5, 0.6) is 0 Å². The van der Waals surface area contributed by atoms with Crippen molar-refractivity contribution in [3.63, 3.8) is 0 Å². The molecule has 1 aliphatic rings. The van der Waals surface area contributed by atoms with Crippen LogP contribution in [0.2, 0.25) is 0 Å². The first-order valence-corrected chi connectivity index (χ1v) is 10.1. The minimum Gasteiger partial charge on any atom is -0.372 e. The Labute approximate surface area is 154 Å². The van der Waals surface area contributed by atoms with Gasteiger partial charge in [0.05, 0.1) is 5.75 Å². The Morgan fingerprint density at radius 3 is 2.32 bits per heavy atom. The number of hydrogen-bond acceptors (Lipinski definition) is 3. The van der Waals surface area contributed by atoms with E-state index in [1.165, 1.54) is 29.7 Å². The highest BCUT2D eigenvalue weighted by Gasteiger charge is 2.11. The van der Waals surface area contributed by atoms with Crippen LogP contribution in [0.25, 0.3) is 0 Å². The van der Waals surface area contributed by atoms with E-state index in [1.807, 2.05) is 0 Å². The molecule has 1 amide bonds. The average molecular weight is 355 g/mol. The maximum atomic E-state index is 12.0. The summed E-state index contributed by atoms with van der Waals surface area (Å²) in [7, 11) is 0. The van der Waals surface area contributed by atoms with Crippen LogP contribution in [0, 0.1) is 6.92 Å². The van der Waals surface area contributed by atoms with Gasteiger partial charge in [0.1, 0.15) is 0 Å². The lowest BCUT2D eigenvalue weighted by atomic mass is 10.2. The summed E-state index contributed by atoms with van der Waals surface area (Å²) in [4.78, 5) is 14.4. The number of nitrogens with zero attached hydrogens (tertiary/aromatic N) is 1. The maximum absolute atomic E-state index is 12.0. The van der Waals surface area contributed by atoms with Gasteiger partial charge in [0.15, 0.2) is 0 Å². The van der Waals surface area contributed by atoms with Crippen LogP contribution in [0.1, 0.15) is 29.5 Å². The zero-order valence-electron chi connectivity index (χ0n) is 14.8. The highest BCUT2D eigenvalue weighted by molar-refractivity contribution is 7.99. The van der Waals surface area contributed by atoms with E-state index < -0.39 is 0 Å². The number of benzene rings is 2. The smallest absolute Gasteiger partial charge is 0.230 e. The van der Waals surface area contributed by atoms with Crippen molar-refractivity contribution in [2.75, 3.05) is 23.7 Å². The molecular weight excluding hydrogens is 328 g/mol. The summed E-state index contributed by atoms with van der Waals surface area (Å²) in [5.74, 6) is 1.47. The monoisotopic (exact) mass is 354 g/mol. The Morgan fingerprint density at radius 1 is 1.00 bits per heavy atom. The Bertz CT molecular complexity index is 676. The normalized spacial score (nSPS) is 13.9. The molecule has 4 heteroatoms. The van der Waals surface area contributed by atoms with Crippen LogP contribution in [0.4, 0.5) is 5.69 Å². The molecule has 1 fully saturated rings. The molecule has 0 unspecified atom stereocenters. The Kier molecular flexibility index (Phi) is 6.40. The molecule has 2 aromatic carbocycles. The van der Waals surface area contributed by atoms with Gasteiger partial charge in [0.25, 0.3) is 0 Å². The van der Waals surface area contributed by atoms with Crippen LogP contribution < -0.4 is 10.2 Å². The molecule has 1 aliphatic heterocycles. The largest absolute Gasteiger partial charge is 0.372 e. The predicted octanol–water partition coefficient (Wildman–Crippen LogP) is 4.14. The summed E-state index contributed by atoms with van der Waals surface area (Å²) in [6.07, 6.45) is 2.58. The number of nitrogens with one attached hydrogen (secondary N) is 1. The molecule has 0 bridgehead atoms. The topological polar surface area (TPSA) is 32.3 Å². The van der Waals surface area contributed by atoms with Crippen molar-refractivity contribution in [3.05, 3.63) is 65.2 Å². The molecule has 132 valence electrons. The van der Waals surface area contributed by atoms with Gasteiger partial charge >= 0.3 is 0 Å². The first-order chi connectivity index (χ1) is 12.2. The highest BCUT2D eigenvalue weighted by Crippen LogP contribution is 2.20. The molecule has 3 nitrogen and oxygen atoms in total. The second kappa shape index (κ2) is 8.95. The molecule has 3 rings (SSSR count). The quantitative estimate of drug-likeness (QED) is 0.811. The molecule has 2 aromatic rings. The summed E-state index contributed by atoms with van der Waals surface area (Å²) in [5, 5.41) is 3.01. The molecule has 0 atom stereocenters. The number of aryl methyl sites for hydroxylation is 1.